The van der Waals surface area contributed by atoms with Crippen molar-refractivity contribution in [1.82, 2.24) is 10.2 Å². The minimum Gasteiger partial charge on any atom is -0.465 e. The number of nitrogens with one attached hydrogen (secondary N) is 1. The number of piperazine rings is 1. The number of nitrogens with zero attached hydrogens (tertiary/aromatic N) is 1. The van der Waals surface area contributed by atoms with Crippen LogP contribution < -0.4 is 5.32 Å². The Labute approximate surface area is 113 Å². The first-order valence-electron chi connectivity index (χ1n) is 6.63. The quantitative estimate of drug-likeness (QED) is 0.848. The molecule has 2 rings (SSSR count). The smallest absolute Gasteiger partial charge is 0.410 e. The predicted molar refractivity (Wildman–Crippen MR) is 72.0 cm³/mol. The average Bonchev–Trinajstić information content (AvgIpc) is 2.74. The maximum absolute atomic E-state index is 12.0. The van der Waals surface area contributed by atoms with Crippen molar-refractivity contribution in [2.45, 2.75) is 39.3 Å². The molecule has 106 valence electrons. The van der Waals surface area contributed by atoms with Crippen molar-refractivity contribution in [2.75, 3.05) is 19.6 Å². The second-order valence-corrected chi connectivity index (χ2v) is 5.88. The third kappa shape index (κ3) is 3.73. The number of hydrogen-bond acceptors (Lipinski definition) is 4. The zero-order valence-electron chi connectivity index (χ0n) is 12.0. The molecule has 19 heavy (non-hydrogen) atoms. The third-order valence-corrected chi connectivity index (χ3v) is 2.93. The number of carbonyl (C=O) groups is 1. The molecule has 0 aromatic carbocycles. The third-order valence-electron chi connectivity index (χ3n) is 2.93. The van der Waals surface area contributed by atoms with Crippen LogP contribution in [0.2, 0.25) is 0 Å². The highest BCUT2D eigenvalue weighted by molar-refractivity contribution is 5.68. The molecule has 1 N–H and O–H groups in total. The fourth-order valence-corrected chi connectivity index (χ4v) is 2.07. The van der Waals surface area contributed by atoms with Crippen LogP contribution in [0.4, 0.5) is 4.79 Å². The molecule has 0 spiro atoms. The summed E-state index contributed by atoms with van der Waals surface area (Å²) in [6.45, 7) is 9.51. The van der Waals surface area contributed by atoms with E-state index in [1.807, 2.05) is 39.8 Å². The van der Waals surface area contributed by atoms with Crippen molar-refractivity contribution in [2.24, 2.45) is 0 Å². The van der Waals surface area contributed by atoms with Gasteiger partial charge in [-0.1, -0.05) is 0 Å². The van der Waals surface area contributed by atoms with Crippen LogP contribution in [0.25, 0.3) is 0 Å². The molecular weight excluding hydrogens is 244 g/mol. The Balaban J connectivity index is 1.99. The van der Waals surface area contributed by atoms with Crippen LogP contribution in [-0.4, -0.2) is 36.2 Å². The molecule has 0 aliphatic carbocycles. The first kappa shape index (κ1) is 13.9. The number of amides is 1. The Hall–Kier alpha value is -1.49. The summed E-state index contributed by atoms with van der Waals surface area (Å²) in [6.07, 6.45) is -0.262. The largest absolute Gasteiger partial charge is 0.465 e. The molecule has 1 fully saturated rings. The van der Waals surface area contributed by atoms with Crippen molar-refractivity contribution in [3.05, 3.63) is 23.7 Å². The van der Waals surface area contributed by atoms with Crippen molar-refractivity contribution in [3.63, 3.8) is 0 Å². The van der Waals surface area contributed by atoms with Gasteiger partial charge in [0.05, 0.1) is 6.04 Å². The van der Waals surface area contributed by atoms with Crippen LogP contribution in [-0.2, 0) is 4.74 Å². The summed E-state index contributed by atoms with van der Waals surface area (Å²) in [5.41, 5.74) is -0.460. The average molecular weight is 266 g/mol. The van der Waals surface area contributed by atoms with E-state index >= 15 is 0 Å². The van der Waals surface area contributed by atoms with Gasteiger partial charge in [0, 0.05) is 19.6 Å². The zero-order chi connectivity index (χ0) is 14.0. The molecule has 1 atom stereocenters. The maximum atomic E-state index is 12.0. The molecule has 5 nitrogen and oxygen atoms in total. The molecule has 0 bridgehead atoms. The topological polar surface area (TPSA) is 54.7 Å². The van der Waals surface area contributed by atoms with E-state index in [0.717, 1.165) is 18.1 Å². The van der Waals surface area contributed by atoms with Crippen LogP contribution >= 0.6 is 0 Å². The normalized spacial score (nSPS) is 20.4. The van der Waals surface area contributed by atoms with Gasteiger partial charge in [-0.2, -0.15) is 0 Å². The summed E-state index contributed by atoms with van der Waals surface area (Å²) >= 11 is 0. The Morgan fingerprint density at radius 1 is 1.47 bits per heavy atom. The summed E-state index contributed by atoms with van der Waals surface area (Å²) in [5, 5.41) is 3.35. The van der Waals surface area contributed by atoms with Crippen molar-refractivity contribution < 1.29 is 13.9 Å². The second kappa shape index (κ2) is 5.25. The first-order valence-corrected chi connectivity index (χ1v) is 6.63. The van der Waals surface area contributed by atoms with Crippen molar-refractivity contribution in [1.29, 1.82) is 0 Å². The lowest BCUT2D eigenvalue weighted by Gasteiger charge is -2.34. The molecule has 1 aromatic heterocycles. The Bertz CT molecular complexity index is 448. The van der Waals surface area contributed by atoms with Crippen molar-refractivity contribution in [3.8, 4) is 0 Å². The van der Waals surface area contributed by atoms with E-state index in [4.69, 9.17) is 9.15 Å². The van der Waals surface area contributed by atoms with E-state index < -0.39 is 5.60 Å². The lowest BCUT2D eigenvalue weighted by Crippen LogP contribution is -2.49. The number of carbonyl (C=O) groups excluding carboxylic acids is 1. The summed E-state index contributed by atoms with van der Waals surface area (Å²) in [7, 11) is 0. The van der Waals surface area contributed by atoms with E-state index in [-0.39, 0.29) is 12.1 Å². The van der Waals surface area contributed by atoms with Gasteiger partial charge < -0.3 is 19.4 Å². The van der Waals surface area contributed by atoms with Gasteiger partial charge in [-0.05, 0) is 39.8 Å². The molecule has 1 unspecified atom stereocenters. The predicted octanol–water partition coefficient (Wildman–Crippen LogP) is 2.47. The number of ether oxygens (including phenoxy) is 1. The van der Waals surface area contributed by atoms with Crippen LogP contribution in [0.15, 0.2) is 16.5 Å². The fraction of sp³-hybridized carbons (Fsp3) is 0.643. The highest BCUT2D eigenvalue weighted by atomic mass is 16.6. The molecule has 1 aliphatic heterocycles. The van der Waals surface area contributed by atoms with Gasteiger partial charge >= 0.3 is 6.09 Å². The van der Waals surface area contributed by atoms with E-state index in [1.54, 1.807) is 4.90 Å². The fourth-order valence-electron chi connectivity index (χ4n) is 2.07. The van der Waals surface area contributed by atoms with Crippen LogP contribution in [0.3, 0.4) is 0 Å². The van der Waals surface area contributed by atoms with Gasteiger partial charge in [0.1, 0.15) is 17.1 Å². The van der Waals surface area contributed by atoms with Crippen LogP contribution in [0.5, 0.6) is 0 Å². The molecule has 5 heteroatoms. The minimum atomic E-state index is -0.460. The zero-order valence-corrected chi connectivity index (χ0v) is 12.0. The molecule has 2 heterocycles. The van der Waals surface area contributed by atoms with E-state index in [0.29, 0.717) is 13.1 Å². The van der Waals surface area contributed by atoms with Gasteiger partial charge in [-0.15, -0.1) is 0 Å². The van der Waals surface area contributed by atoms with Crippen LogP contribution in [0, 0.1) is 6.92 Å². The summed E-state index contributed by atoms with van der Waals surface area (Å²) in [6, 6.07) is 3.92. The Morgan fingerprint density at radius 3 is 2.79 bits per heavy atom. The number of hydrogen-bond donors (Lipinski definition) is 1. The number of rotatable bonds is 1. The molecule has 1 saturated heterocycles. The lowest BCUT2D eigenvalue weighted by atomic mass is 10.1. The van der Waals surface area contributed by atoms with E-state index in [9.17, 15) is 4.79 Å². The molecule has 1 aromatic rings. The maximum Gasteiger partial charge on any atom is 0.410 e. The van der Waals surface area contributed by atoms with E-state index in [2.05, 4.69) is 5.32 Å². The van der Waals surface area contributed by atoms with E-state index in [1.165, 1.54) is 0 Å². The number of aryl methyl sites for hydroxylation is 1. The molecule has 1 aliphatic rings. The summed E-state index contributed by atoms with van der Waals surface area (Å²) in [4.78, 5) is 13.8. The van der Waals surface area contributed by atoms with Crippen molar-refractivity contribution >= 4 is 6.09 Å². The highest BCUT2D eigenvalue weighted by Gasteiger charge is 2.29. The number of furan rings is 1. The Morgan fingerprint density at radius 2 is 2.21 bits per heavy atom. The molecular formula is C14H22N2O3. The molecule has 0 radical (unpaired) electrons. The standard InChI is InChI=1S/C14H22N2O3/c1-10-5-6-12(18-10)11-9-16(8-7-15-11)13(17)19-14(2,3)4/h5-6,11,15H,7-9H2,1-4H3. The monoisotopic (exact) mass is 266 g/mol. The summed E-state index contributed by atoms with van der Waals surface area (Å²) in [5.74, 6) is 1.75. The van der Waals surface area contributed by atoms with Gasteiger partial charge in [-0.25, -0.2) is 4.79 Å². The SMILES string of the molecule is Cc1ccc(C2CN(C(=O)OC(C)(C)C)CCN2)o1. The minimum absolute atomic E-state index is 0.0370. The van der Waals surface area contributed by atoms with Gasteiger partial charge in [0.2, 0.25) is 0 Å². The molecule has 0 saturated carbocycles. The highest BCUT2D eigenvalue weighted by Crippen LogP contribution is 2.21. The molecule has 1 amide bonds. The van der Waals surface area contributed by atoms with Crippen LogP contribution in [0.1, 0.15) is 38.3 Å². The lowest BCUT2D eigenvalue weighted by molar-refractivity contribution is 0.0188. The van der Waals surface area contributed by atoms with Gasteiger partial charge in [-0.3, -0.25) is 0 Å². The Kier molecular flexibility index (Phi) is 3.85. The van der Waals surface area contributed by atoms with Gasteiger partial charge in [0.25, 0.3) is 0 Å². The first-order chi connectivity index (χ1) is 8.85. The summed E-state index contributed by atoms with van der Waals surface area (Å²) < 4.78 is 11.0. The second-order valence-electron chi connectivity index (χ2n) is 5.88. The van der Waals surface area contributed by atoms with Gasteiger partial charge in [0.15, 0.2) is 0 Å².